The van der Waals surface area contributed by atoms with E-state index in [-0.39, 0.29) is 23.3 Å². The van der Waals surface area contributed by atoms with Crippen molar-refractivity contribution in [2.75, 3.05) is 26.7 Å². The van der Waals surface area contributed by atoms with Gasteiger partial charge in [0, 0.05) is 25.6 Å². The first-order valence-corrected chi connectivity index (χ1v) is 10.2. The third-order valence-electron chi connectivity index (χ3n) is 5.89. The van der Waals surface area contributed by atoms with Crippen molar-refractivity contribution >= 4 is 21.8 Å². The second-order valence-corrected chi connectivity index (χ2v) is 8.96. The lowest BCUT2D eigenvalue weighted by molar-refractivity contribution is 0.0562. The molecular formula is C19H25BrN4O3. The molecule has 2 aromatic heterocycles. The number of hydrogen-bond acceptors (Lipinski definition) is 6. The van der Waals surface area contributed by atoms with E-state index in [0.29, 0.717) is 16.3 Å². The van der Waals surface area contributed by atoms with Gasteiger partial charge in [-0.05, 0) is 59.8 Å². The van der Waals surface area contributed by atoms with Gasteiger partial charge in [-0.3, -0.25) is 9.69 Å². The largest absolute Gasteiger partial charge is 0.444 e. The van der Waals surface area contributed by atoms with Crippen molar-refractivity contribution in [1.82, 2.24) is 19.9 Å². The Hall–Kier alpha value is -1.67. The Kier molecular flexibility index (Phi) is 4.88. The molecule has 27 heavy (non-hydrogen) atoms. The molecule has 1 spiro atoms. The van der Waals surface area contributed by atoms with Gasteiger partial charge in [-0.2, -0.15) is 4.98 Å². The molecule has 0 N–H and O–H groups in total. The predicted molar refractivity (Wildman–Crippen MR) is 102 cm³/mol. The predicted octanol–water partition coefficient (Wildman–Crippen LogP) is 3.85. The highest BCUT2D eigenvalue weighted by molar-refractivity contribution is 9.10. The maximum Gasteiger partial charge on any atom is 0.289 e. The SMILES string of the molecule is CC(C)c1nc(C2CC3(CCN(C(=O)c4ccc(Br)o4)CC3)CN2C)no1. The average Bonchev–Trinajstić information content (AvgIpc) is 3.34. The molecular weight excluding hydrogens is 412 g/mol. The van der Waals surface area contributed by atoms with Gasteiger partial charge in [0.05, 0.1) is 6.04 Å². The molecule has 0 radical (unpaired) electrons. The third-order valence-corrected chi connectivity index (χ3v) is 6.31. The smallest absolute Gasteiger partial charge is 0.289 e. The first kappa shape index (κ1) is 18.7. The van der Waals surface area contributed by atoms with Gasteiger partial charge in [-0.1, -0.05) is 19.0 Å². The normalized spacial score (nSPS) is 22.9. The summed E-state index contributed by atoms with van der Waals surface area (Å²) in [6, 6.07) is 3.66. The molecule has 4 heterocycles. The van der Waals surface area contributed by atoms with Crippen LogP contribution in [-0.2, 0) is 0 Å². The van der Waals surface area contributed by atoms with Crippen LogP contribution in [0, 0.1) is 5.41 Å². The van der Waals surface area contributed by atoms with Gasteiger partial charge in [0.15, 0.2) is 16.3 Å². The number of amides is 1. The van der Waals surface area contributed by atoms with E-state index in [1.165, 1.54) is 0 Å². The molecule has 7 nitrogen and oxygen atoms in total. The lowest BCUT2D eigenvalue weighted by Crippen LogP contribution is -2.44. The Morgan fingerprint density at radius 3 is 2.67 bits per heavy atom. The number of aromatic nitrogens is 2. The van der Waals surface area contributed by atoms with E-state index in [9.17, 15) is 4.79 Å². The second-order valence-electron chi connectivity index (χ2n) is 8.18. The summed E-state index contributed by atoms with van der Waals surface area (Å²) in [4.78, 5) is 21.4. The number of piperidine rings is 1. The Balaban J connectivity index is 1.41. The molecule has 1 atom stereocenters. The topological polar surface area (TPSA) is 75.6 Å². The molecule has 0 bridgehead atoms. The Morgan fingerprint density at radius 1 is 1.33 bits per heavy atom. The summed E-state index contributed by atoms with van der Waals surface area (Å²) in [6.45, 7) is 6.61. The summed E-state index contributed by atoms with van der Waals surface area (Å²) in [7, 11) is 2.13. The zero-order valence-electron chi connectivity index (χ0n) is 15.9. The quantitative estimate of drug-likeness (QED) is 0.726. The Bertz CT molecular complexity index is 823. The van der Waals surface area contributed by atoms with Crippen LogP contribution in [0.5, 0.6) is 0 Å². The van der Waals surface area contributed by atoms with E-state index in [0.717, 1.165) is 44.7 Å². The van der Waals surface area contributed by atoms with E-state index in [1.807, 2.05) is 4.90 Å². The second kappa shape index (κ2) is 7.05. The van der Waals surface area contributed by atoms with Crippen LogP contribution < -0.4 is 0 Å². The van der Waals surface area contributed by atoms with E-state index in [2.05, 4.69) is 51.9 Å². The molecule has 0 aromatic carbocycles. The Morgan fingerprint density at radius 2 is 2.07 bits per heavy atom. The van der Waals surface area contributed by atoms with Crippen molar-refractivity contribution in [2.24, 2.45) is 5.41 Å². The highest BCUT2D eigenvalue weighted by Gasteiger charge is 2.46. The number of carbonyl (C=O) groups excluding carboxylic acids is 1. The summed E-state index contributed by atoms with van der Waals surface area (Å²) in [5, 5.41) is 4.22. The average molecular weight is 437 g/mol. The standard InChI is InChI=1S/C19H25BrN4O3/c1-12(2)17-21-16(22-27-17)13-10-19(11-23(13)3)6-8-24(9-7-19)18(25)14-4-5-15(20)26-14/h4-5,12-13H,6-11H2,1-3H3. The molecule has 4 rings (SSSR count). The summed E-state index contributed by atoms with van der Waals surface area (Å²) in [6.07, 6.45) is 2.97. The summed E-state index contributed by atoms with van der Waals surface area (Å²) >= 11 is 3.26. The molecule has 8 heteroatoms. The minimum atomic E-state index is -0.0294. The molecule has 2 fully saturated rings. The van der Waals surface area contributed by atoms with Crippen LogP contribution in [0.3, 0.4) is 0 Å². The van der Waals surface area contributed by atoms with Crippen molar-refractivity contribution in [2.45, 2.75) is 45.1 Å². The van der Waals surface area contributed by atoms with Crippen molar-refractivity contribution in [3.63, 3.8) is 0 Å². The lowest BCUT2D eigenvalue weighted by atomic mass is 9.76. The van der Waals surface area contributed by atoms with Crippen LogP contribution >= 0.6 is 15.9 Å². The van der Waals surface area contributed by atoms with Crippen molar-refractivity contribution in [1.29, 1.82) is 0 Å². The van der Waals surface area contributed by atoms with Gasteiger partial charge in [0.2, 0.25) is 5.89 Å². The van der Waals surface area contributed by atoms with Crippen LogP contribution in [0.15, 0.2) is 25.7 Å². The van der Waals surface area contributed by atoms with Gasteiger partial charge in [0.25, 0.3) is 5.91 Å². The van der Waals surface area contributed by atoms with Gasteiger partial charge in [-0.25, -0.2) is 0 Å². The number of halogens is 1. The van der Waals surface area contributed by atoms with E-state index >= 15 is 0 Å². The van der Waals surface area contributed by atoms with Crippen LogP contribution in [-0.4, -0.2) is 52.5 Å². The lowest BCUT2D eigenvalue weighted by Gasteiger charge is -2.38. The number of carbonyl (C=O) groups is 1. The fourth-order valence-corrected chi connectivity index (χ4v) is 4.61. The van der Waals surface area contributed by atoms with Crippen molar-refractivity contribution in [3.8, 4) is 0 Å². The fourth-order valence-electron chi connectivity index (χ4n) is 4.31. The molecule has 2 aliphatic heterocycles. The maximum absolute atomic E-state index is 12.6. The fraction of sp³-hybridized carbons (Fsp3) is 0.632. The number of hydrogen-bond donors (Lipinski definition) is 0. The monoisotopic (exact) mass is 436 g/mol. The van der Waals surface area contributed by atoms with Gasteiger partial charge in [-0.15, -0.1) is 0 Å². The molecule has 146 valence electrons. The molecule has 2 aliphatic rings. The number of nitrogens with zero attached hydrogens (tertiary/aromatic N) is 4. The maximum atomic E-state index is 12.6. The minimum absolute atomic E-state index is 0.0294. The number of furan rings is 1. The molecule has 0 saturated carbocycles. The van der Waals surface area contributed by atoms with E-state index < -0.39 is 0 Å². The number of rotatable bonds is 3. The zero-order chi connectivity index (χ0) is 19.2. The minimum Gasteiger partial charge on any atom is -0.444 e. The van der Waals surface area contributed by atoms with Crippen LogP contribution in [0.4, 0.5) is 0 Å². The highest BCUT2D eigenvalue weighted by Crippen LogP contribution is 2.47. The summed E-state index contributed by atoms with van der Waals surface area (Å²) in [5.74, 6) is 2.09. The zero-order valence-corrected chi connectivity index (χ0v) is 17.5. The molecule has 2 saturated heterocycles. The van der Waals surface area contributed by atoms with Crippen LogP contribution in [0.1, 0.15) is 67.3 Å². The molecule has 0 aliphatic carbocycles. The molecule has 1 amide bonds. The number of likely N-dealkylation sites (tertiary alicyclic amines) is 2. The van der Waals surface area contributed by atoms with Crippen molar-refractivity contribution in [3.05, 3.63) is 34.3 Å². The van der Waals surface area contributed by atoms with E-state index in [4.69, 9.17) is 8.94 Å². The van der Waals surface area contributed by atoms with E-state index in [1.54, 1.807) is 12.1 Å². The van der Waals surface area contributed by atoms with Crippen LogP contribution in [0.2, 0.25) is 0 Å². The third kappa shape index (κ3) is 3.57. The van der Waals surface area contributed by atoms with Crippen LogP contribution in [0.25, 0.3) is 0 Å². The van der Waals surface area contributed by atoms with Gasteiger partial charge < -0.3 is 13.8 Å². The van der Waals surface area contributed by atoms with Gasteiger partial charge in [0.1, 0.15) is 0 Å². The first-order chi connectivity index (χ1) is 12.9. The Labute approximate surface area is 167 Å². The summed E-state index contributed by atoms with van der Waals surface area (Å²) in [5.41, 5.74) is 0.207. The molecule has 2 aromatic rings. The molecule has 1 unspecified atom stereocenters. The van der Waals surface area contributed by atoms with Gasteiger partial charge >= 0.3 is 0 Å². The first-order valence-electron chi connectivity index (χ1n) is 9.45. The summed E-state index contributed by atoms with van der Waals surface area (Å²) < 4.78 is 11.4. The highest BCUT2D eigenvalue weighted by atomic mass is 79.9. The van der Waals surface area contributed by atoms with Crippen molar-refractivity contribution < 1.29 is 13.7 Å².